The molecule has 2 aliphatic rings. The fraction of sp³-hybridized carbons (Fsp3) is 0.238. The summed E-state index contributed by atoms with van der Waals surface area (Å²) in [4.78, 5) is 0. The molecular weight excluding hydrogens is 300 g/mol. The van der Waals surface area contributed by atoms with E-state index in [-0.39, 0.29) is 6.61 Å². The highest BCUT2D eigenvalue weighted by molar-refractivity contribution is 5.98. The summed E-state index contributed by atoms with van der Waals surface area (Å²) < 4.78 is 0. The first kappa shape index (κ1) is 14.2. The molecule has 0 bridgehead atoms. The molecule has 3 N–H and O–H groups in total. The number of hydrogen-bond acceptors (Lipinski definition) is 3. The molecule has 2 aliphatic carbocycles. The molecule has 0 aliphatic heterocycles. The summed E-state index contributed by atoms with van der Waals surface area (Å²) in [5.41, 5.74) is 6.96. The molecule has 0 radical (unpaired) electrons. The Morgan fingerprint density at radius 2 is 1.67 bits per heavy atom. The second kappa shape index (κ2) is 4.90. The monoisotopic (exact) mass is 318 g/mol. The molecule has 2 atom stereocenters. The van der Waals surface area contributed by atoms with Crippen LogP contribution in [0.25, 0.3) is 21.9 Å². The van der Waals surface area contributed by atoms with Crippen LogP contribution in [0.4, 0.5) is 0 Å². The number of aryl methyl sites for hydroxylation is 2. The van der Waals surface area contributed by atoms with Crippen LogP contribution in [-0.4, -0.2) is 15.3 Å². The maximum atomic E-state index is 10.8. The van der Waals surface area contributed by atoms with Gasteiger partial charge in [0, 0.05) is 0 Å². The second-order valence-corrected chi connectivity index (χ2v) is 6.75. The predicted octanol–water partition coefficient (Wildman–Crippen LogP) is 3.18. The Morgan fingerprint density at radius 3 is 2.50 bits per heavy atom. The SMILES string of the molecule is OCc1ccc2cc3c(c4c2c1CC4)[C@@H](O)[C@H](O)c1ccccc1-3. The van der Waals surface area contributed by atoms with Crippen molar-refractivity contribution in [2.45, 2.75) is 31.7 Å². The van der Waals surface area contributed by atoms with Gasteiger partial charge in [-0.15, -0.1) is 0 Å². The highest BCUT2D eigenvalue weighted by atomic mass is 16.3. The zero-order valence-corrected chi connectivity index (χ0v) is 13.2. The Kier molecular flexibility index (Phi) is 2.89. The van der Waals surface area contributed by atoms with Crippen LogP contribution in [0.5, 0.6) is 0 Å². The van der Waals surface area contributed by atoms with Crippen molar-refractivity contribution < 1.29 is 15.3 Å². The summed E-state index contributed by atoms with van der Waals surface area (Å²) in [5.74, 6) is 0. The standard InChI is InChI=1S/C21H18O3/c22-10-12-6-5-11-9-17-14-3-1-2-4-15(14)20(23)21(24)19(17)16-8-7-13(12)18(11)16/h1-6,9,20-24H,7-8,10H2/t20-,21-/m1/s1. The molecule has 0 spiro atoms. The number of rotatable bonds is 1. The van der Waals surface area contributed by atoms with Gasteiger partial charge in [-0.2, -0.15) is 0 Å². The average molecular weight is 318 g/mol. The molecule has 3 aromatic rings. The third-order valence-corrected chi connectivity index (χ3v) is 5.62. The third kappa shape index (κ3) is 1.67. The fourth-order valence-corrected chi connectivity index (χ4v) is 4.55. The molecule has 24 heavy (non-hydrogen) atoms. The fourth-order valence-electron chi connectivity index (χ4n) is 4.55. The van der Waals surface area contributed by atoms with E-state index in [9.17, 15) is 15.3 Å². The van der Waals surface area contributed by atoms with E-state index in [4.69, 9.17) is 0 Å². The molecular formula is C21H18O3. The van der Waals surface area contributed by atoms with E-state index < -0.39 is 12.2 Å². The minimum atomic E-state index is -0.905. The number of benzene rings is 3. The van der Waals surface area contributed by atoms with Crippen molar-refractivity contribution in [1.82, 2.24) is 0 Å². The van der Waals surface area contributed by atoms with Gasteiger partial charge in [-0.3, -0.25) is 0 Å². The van der Waals surface area contributed by atoms with E-state index in [1.807, 2.05) is 30.3 Å². The Balaban J connectivity index is 1.91. The Morgan fingerprint density at radius 1 is 0.875 bits per heavy atom. The van der Waals surface area contributed by atoms with Crippen LogP contribution in [0.15, 0.2) is 42.5 Å². The van der Waals surface area contributed by atoms with Gasteiger partial charge in [0.15, 0.2) is 0 Å². The molecule has 3 heteroatoms. The van der Waals surface area contributed by atoms with E-state index in [0.717, 1.165) is 57.0 Å². The van der Waals surface area contributed by atoms with Crippen molar-refractivity contribution >= 4 is 10.8 Å². The van der Waals surface area contributed by atoms with Crippen molar-refractivity contribution in [2.75, 3.05) is 0 Å². The number of fused-ring (bicyclic) bond motifs is 4. The van der Waals surface area contributed by atoms with Crippen molar-refractivity contribution in [3.8, 4) is 11.1 Å². The second-order valence-electron chi connectivity index (χ2n) is 6.75. The van der Waals surface area contributed by atoms with Crippen molar-refractivity contribution in [2.24, 2.45) is 0 Å². The lowest BCUT2D eigenvalue weighted by Crippen LogP contribution is -2.18. The molecule has 5 rings (SSSR count). The summed E-state index contributed by atoms with van der Waals surface area (Å²) in [6, 6.07) is 13.9. The normalized spacial score (nSPS) is 21.0. The van der Waals surface area contributed by atoms with Gasteiger partial charge in [-0.25, -0.2) is 0 Å². The highest BCUT2D eigenvalue weighted by Crippen LogP contribution is 2.50. The van der Waals surface area contributed by atoms with Gasteiger partial charge in [0.2, 0.25) is 0 Å². The summed E-state index contributed by atoms with van der Waals surface area (Å²) in [7, 11) is 0. The van der Waals surface area contributed by atoms with Gasteiger partial charge in [0.25, 0.3) is 0 Å². The maximum absolute atomic E-state index is 10.8. The lowest BCUT2D eigenvalue weighted by molar-refractivity contribution is 0.0154. The van der Waals surface area contributed by atoms with E-state index in [2.05, 4.69) is 12.1 Å². The first-order chi connectivity index (χ1) is 11.7. The predicted molar refractivity (Wildman–Crippen MR) is 92.6 cm³/mol. The molecule has 0 saturated carbocycles. The lowest BCUT2D eigenvalue weighted by Gasteiger charge is -2.31. The van der Waals surface area contributed by atoms with Crippen LogP contribution in [0.2, 0.25) is 0 Å². The van der Waals surface area contributed by atoms with Crippen molar-refractivity contribution in [3.63, 3.8) is 0 Å². The smallest absolute Gasteiger partial charge is 0.110 e. The Bertz CT molecular complexity index is 990. The summed E-state index contributed by atoms with van der Waals surface area (Å²) in [6.45, 7) is 0.0375. The minimum absolute atomic E-state index is 0.0375. The van der Waals surface area contributed by atoms with Gasteiger partial charge in [0.05, 0.1) is 6.61 Å². The molecule has 0 unspecified atom stereocenters. The van der Waals surface area contributed by atoms with Crippen LogP contribution < -0.4 is 0 Å². The lowest BCUT2D eigenvalue weighted by atomic mass is 9.78. The third-order valence-electron chi connectivity index (χ3n) is 5.62. The topological polar surface area (TPSA) is 60.7 Å². The van der Waals surface area contributed by atoms with E-state index in [1.165, 1.54) is 5.56 Å². The van der Waals surface area contributed by atoms with E-state index >= 15 is 0 Å². The number of hydrogen-bond donors (Lipinski definition) is 3. The van der Waals surface area contributed by atoms with Gasteiger partial charge < -0.3 is 15.3 Å². The van der Waals surface area contributed by atoms with E-state index in [1.54, 1.807) is 0 Å². The van der Waals surface area contributed by atoms with Crippen LogP contribution in [-0.2, 0) is 19.4 Å². The Labute approximate surface area is 139 Å². The molecule has 120 valence electrons. The zero-order valence-electron chi connectivity index (χ0n) is 13.2. The molecule has 3 aromatic carbocycles. The average Bonchev–Trinajstić information content (AvgIpc) is 3.06. The van der Waals surface area contributed by atoms with Gasteiger partial charge in [-0.05, 0) is 68.6 Å². The summed E-state index contributed by atoms with van der Waals surface area (Å²) in [6.07, 6.45) is -0.0768. The summed E-state index contributed by atoms with van der Waals surface area (Å²) in [5, 5.41) is 33.3. The Hall–Kier alpha value is -2.20. The molecule has 0 aromatic heterocycles. The van der Waals surface area contributed by atoms with E-state index in [0.29, 0.717) is 0 Å². The molecule has 0 fully saturated rings. The van der Waals surface area contributed by atoms with Gasteiger partial charge in [0.1, 0.15) is 12.2 Å². The molecule has 0 heterocycles. The van der Waals surface area contributed by atoms with Crippen LogP contribution >= 0.6 is 0 Å². The largest absolute Gasteiger partial charge is 0.392 e. The highest BCUT2D eigenvalue weighted by Gasteiger charge is 2.35. The van der Waals surface area contributed by atoms with Crippen LogP contribution in [0.1, 0.15) is 40.0 Å². The number of aliphatic hydroxyl groups is 3. The minimum Gasteiger partial charge on any atom is -0.392 e. The van der Waals surface area contributed by atoms with Gasteiger partial charge >= 0.3 is 0 Å². The molecule has 0 saturated heterocycles. The quantitative estimate of drug-likeness (QED) is 0.646. The zero-order chi connectivity index (χ0) is 16.4. The van der Waals surface area contributed by atoms with Crippen molar-refractivity contribution in [3.05, 3.63) is 70.3 Å². The molecule has 3 nitrogen and oxygen atoms in total. The first-order valence-electron chi connectivity index (χ1n) is 8.37. The maximum Gasteiger partial charge on any atom is 0.110 e. The molecule has 0 amide bonds. The van der Waals surface area contributed by atoms with Gasteiger partial charge in [-0.1, -0.05) is 36.4 Å². The first-order valence-corrected chi connectivity index (χ1v) is 8.37. The van der Waals surface area contributed by atoms with Crippen molar-refractivity contribution in [1.29, 1.82) is 0 Å². The number of aliphatic hydroxyl groups excluding tert-OH is 3. The van der Waals surface area contributed by atoms with Crippen LogP contribution in [0.3, 0.4) is 0 Å². The summed E-state index contributed by atoms with van der Waals surface area (Å²) >= 11 is 0. The van der Waals surface area contributed by atoms with Crippen LogP contribution in [0, 0.1) is 0 Å².